The maximum atomic E-state index is 11.2. The van der Waals surface area contributed by atoms with Crippen LogP contribution in [-0.2, 0) is 6.54 Å². The first-order chi connectivity index (χ1) is 19.1. The van der Waals surface area contributed by atoms with Gasteiger partial charge >= 0.3 is 0 Å². The summed E-state index contributed by atoms with van der Waals surface area (Å²) >= 11 is 0. The molecule has 0 bridgehead atoms. The molecule has 39 heavy (non-hydrogen) atoms. The van der Waals surface area contributed by atoms with Gasteiger partial charge in [-0.1, -0.05) is 66.7 Å². The molecule has 1 saturated heterocycles. The van der Waals surface area contributed by atoms with Crippen molar-refractivity contribution in [2.75, 3.05) is 27.3 Å². The monoisotopic (exact) mass is 522 g/mol. The summed E-state index contributed by atoms with van der Waals surface area (Å²) in [6, 6.07) is 27.2. The Morgan fingerprint density at radius 3 is 2.03 bits per heavy atom. The number of benzene rings is 4. The van der Waals surface area contributed by atoms with Gasteiger partial charge in [-0.2, -0.15) is 0 Å². The van der Waals surface area contributed by atoms with Crippen molar-refractivity contribution in [2.24, 2.45) is 4.99 Å². The van der Waals surface area contributed by atoms with Crippen LogP contribution in [-0.4, -0.2) is 54.7 Å². The molecule has 0 radical (unpaired) electrons. The van der Waals surface area contributed by atoms with Gasteiger partial charge in [-0.05, 0) is 37.6 Å². The van der Waals surface area contributed by atoms with E-state index in [2.05, 4.69) is 4.90 Å². The molecular formula is C33H34N2O4. The first-order valence-electron chi connectivity index (χ1n) is 13.2. The van der Waals surface area contributed by atoms with E-state index < -0.39 is 0 Å². The molecule has 4 aromatic rings. The molecule has 0 amide bonds. The van der Waals surface area contributed by atoms with E-state index in [4.69, 9.17) is 14.5 Å². The average molecular weight is 523 g/mol. The molecular weight excluding hydrogens is 488 g/mol. The molecule has 1 fully saturated rings. The van der Waals surface area contributed by atoms with Crippen LogP contribution in [0.5, 0.6) is 23.0 Å². The minimum Gasteiger partial charge on any atom is -0.507 e. The predicted molar refractivity (Wildman–Crippen MR) is 156 cm³/mol. The second-order valence-electron chi connectivity index (χ2n) is 9.72. The maximum absolute atomic E-state index is 11.2. The zero-order valence-corrected chi connectivity index (χ0v) is 22.4. The molecule has 200 valence electrons. The molecule has 4 aromatic carbocycles. The Kier molecular flexibility index (Phi) is 8.13. The van der Waals surface area contributed by atoms with Crippen molar-refractivity contribution in [3.63, 3.8) is 0 Å². The third kappa shape index (κ3) is 5.61. The number of aromatic hydroxyl groups is 2. The van der Waals surface area contributed by atoms with E-state index in [0.717, 1.165) is 47.4 Å². The van der Waals surface area contributed by atoms with Crippen molar-refractivity contribution in [1.82, 2.24) is 4.90 Å². The van der Waals surface area contributed by atoms with E-state index in [0.29, 0.717) is 30.0 Å². The van der Waals surface area contributed by atoms with Crippen molar-refractivity contribution in [1.29, 1.82) is 0 Å². The number of rotatable bonds is 9. The van der Waals surface area contributed by atoms with Crippen molar-refractivity contribution < 1.29 is 19.7 Å². The summed E-state index contributed by atoms with van der Waals surface area (Å²) in [7, 11) is 3.27. The third-order valence-corrected chi connectivity index (χ3v) is 7.40. The fourth-order valence-electron chi connectivity index (χ4n) is 5.36. The molecule has 6 nitrogen and oxygen atoms in total. The molecule has 1 atom stereocenters. The minimum atomic E-state index is 0.187. The van der Waals surface area contributed by atoms with Crippen molar-refractivity contribution >= 4 is 6.21 Å². The van der Waals surface area contributed by atoms with Crippen LogP contribution >= 0.6 is 0 Å². The van der Waals surface area contributed by atoms with Gasteiger partial charge in [0.15, 0.2) is 0 Å². The molecule has 0 unspecified atom stereocenters. The van der Waals surface area contributed by atoms with Crippen LogP contribution in [0.3, 0.4) is 0 Å². The number of phenols is 2. The van der Waals surface area contributed by atoms with Crippen molar-refractivity contribution in [3.05, 3.63) is 96.1 Å². The van der Waals surface area contributed by atoms with Gasteiger partial charge in [0, 0.05) is 52.2 Å². The van der Waals surface area contributed by atoms with E-state index >= 15 is 0 Å². The first-order valence-corrected chi connectivity index (χ1v) is 13.2. The lowest BCUT2D eigenvalue weighted by molar-refractivity contribution is 0.247. The molecule has 1 heterocycles. The number of nitrogens with zero attached hydrogens (tertiary/aromatic N) is 2. The lowest BCUT2D eigenvalue weighted by Crippen LogP contribution is -2.31. The summed E-state index contributed by atoms with van der Waals surface area (Å²) in [6.07, 6.45) is 3.88. The number of hydrogen-bond donors (Lipinski definition) is 2. The molecule has 1 aliphatic heterocycles. The Hall–Kier alpha value is -4.29. The summed E-state index contributed by atoms with van der Waals surface area (Å²) in [5, 5.41) is 22.2. The number of aliphatic imine (C=N–C) groups is 1. The highest BCUT2D eigenvalue weighted by atomic mass is 16.5. The van der Waals surface area contributed by atoms with Crippen LogP contribution < -0.4 is 9.47 Å². The minimum absolute atomic E-state index is 0.187. The highest BCUT2D eigenvalue weighted by Gasteiger charge is 2.25. The van der Waals surface area contributed by atoms with E-state index in [-0.39, 0.29) is 17.5 Å². The highest BCUT2D eigenvalue weighted by Crippen LogP contribution is 2.39. The van der Waals surface area contributed by atoms with Crippen LogP contribution in [0.25, 0.3) is 22.3 Å². The van der Waals surface area contributed by atoms with Crippen LogP contribution in [0.2, 0.25) is 0 Å². The SMILES string of the molecule is COc1ccccc1-c1cccc(/C=N/C[C@@H]2CCCN2Cc2cccc(-c3ccccc3OC)c2O)c1O. The lowest BCUT2D eigenvalue weighted by atomic mass is 10.00. The van der Waals surface area contributed by atoms with Crippen LogP contribution in [0.15, 0.2) is 89.9 Å². The predicted octanol–water partition coefficient (Wildman–Crippen LogP) is 6.53. The van der Waals surface area contributed by atoms with Gasteiger partial charge in [0.05, 0.1) is 20.8 Å². The first kappa shape index (κ1) is 26.3. The molecule has 0 spiro atoms. The largest absolute Gasteiger partial charge is 0.507 e. The van der Waals surface area contributed by atoms with E-state index in [1.807, 2.05) is 84.9 Å². The van der Waals surface area contributed by atoms with Gasteiger partial charge in [0.25, 0.3) is 0 Å². The standard InChI is InChI=1S/C33H34N2O4/c1-38-30-17-5-3-13-26(30)28-15-7-10-23(32(28)36)20-34-21-25-12-9-19-35(25)22-24-11-8-16-29(33(24)37)27-14-4-6-18-31(27)39-2/h3-8,10-11,13-18,20,25,36-37H,9,12,19,21-22H2,1-2H3/b34-20+/t25-/m0/s1. The number of methoxy groups -OCH3 is 2. The van der Waals surface area contributed by atoms with E-state index in [1.165, 1.54) is 0 Å². The second kappa shape index (κ2) is 12.0. The zero-order valence-electron chi connectivity index (χ0n) is 22.4. The second-order valence-corrected chi connectivity index (χ2v) is 9.72. The number of ether oxygens (including phenoxy) is 2. The maximum Gasteiger partial charge on any atom is 0.132 e. The Morgan fingerprint density at radius 2 is 1.36 bits per heavy atom. The van der Waals surface area contributed by atoms with Gasteiger partial charge in [0.1, 0.15) is 23.0 Å². The van der Waals surface area contributed by atoms with Crippen LogP contribution in [0.4, 0.5) is 0 Å². The summed E-state index contributed by atoms with van der Waals surface area (Å²) in [5.41, 5.74) is 4.75. The molecule has 0 saturated carbocycles. The number of hydrogen-bond acceptors (Lipinski definition) is 6. The Bertz CT molecular complexity index is 1470. The molecule has 6 heteroatoms. The smallest absolute Gasteiger partial charge is 0.132 e. The van der Waals surface area contributed by atoms with Gasteiger partial charge in [0.2, 0.25) is 0 Å². The highest BCUT2D eigenvalue weighted by molar-refractivity contribution is 5.89. The summed E-state index contributed by atoms with van der Waals surface area (Å²) in [5.74, 6) is 1.92. The number of phenolic OH excluding ortho intramolecular Hbond substituents is 2. The number of likely N-dealkylation sites (tertiary alicyclic amines) is 1. The Morgan fingerprint density at radius 1 is 0.769 bits per heavy atom. The van der Waals surface area contributed by atoms with Crippen molar-refractivity contribution in [2.45, 2.75) is 25.4 Å². The molecule has 2 N–H and O–H groups in total. The topological polar surface area (TPSA) is 74.5 Å². The summed E-state index contributed by atoms with van der Waals surface area (Å²) in [6.45, 7) is 2.21. The van der Waals surface area contributed by atoms with Gasteiger partial charge in [-0.3, -0.25) is 9.89 Å². The molecule has 0 aliphatic carbocycles. The van der Waals surface area contributed by atoms with E-state index in [1.54, 1.807) is 20.4 Å². The fraction of sp³-hybridized carbons (Fsp3) is 0.242. The van der Waals surface area contributed by atoms with Crippen LogP contribution in [0, 0.1) is 0 Å². The lowest BCUT2D eigenvalue weighted by Gasteiger charge is -2.24. The normalized spacial score (nSPS) is 15.6. The molecule has 5 rings (SSSR count). The molecule has 0 aromatic heterocycles. The van der Waals surface area contributed by atoms with Gasteiger partial charge < -0.3 is 19.7 Å². The molecule has 1 aliphatic rings. The van der Waals surface area contributed by atoms with Gasteiger partial charge in [-0.15, -0.1) is 0 Å². The van der Waals surface area contributed by atoms with Crippen LogP contribution in [0.1, 0.15) is 24.0 Å². The zero-order chi connectivity index (χ0) is 27.2. The Labute approximate surface area is 229 Å². The average Bonchev–Trinajstić information content (AvgIpc) is 3.41. The van der Waals surface area contributed by atoms with E-state index in [9.17, 15) is 10.2 Å². The summed E-state index contributed by atoms with van der Waals surface area (Å²) in [4.78, 5) is 7.11. The van der Waals surface area contributed by atoms with Gasteiger partial charge in [-0.25, -0.2) is 0 Å². The summed E-state index contributed by atoms with van der Waals surface area (Å²) < 4.78 is 11.0. The van der Waals surface area contributed by atoms with Crippen molar-refractivity contribution in [3.8, 4) is 45.3 Å². The third-order valence-electron chi connectivity index (χ3n) is 7.40. The quantitative estimate of drug-likeness (QED) is 0.244. The fourth-order valence-corrected chi connectivity index (χ4v) is 5.36. The number of para-hydroxylation sites is 4. The Balaban J connectivity index is 1.31.